The number of carbonyl (C=O) groups is 2. The molecule has 0 aromatic heterocycles. The molecule has 1 heterocycles. The Bertz CT molecular complexity index is 412. The van der Waals surface area contributed by atoms with Crippen LogP contribution >= 0.6 is 0 Å². The van der Waals surface area contributed by atoms with Gasteiger partial charge in [-0.05, 0) is 24.8 Å². The third kappa shape index (κ3) is 1.41. The fraction of sp³-hybridized carbons (Fsp3) is 0.714. The van der Waals surface area contributed by atoms with Crippen molar-refractivity contribution in [2.75, 3.05) is 0 Å². The summed E-state index contributed by atoms with van der Waals surface area (Å²) in [6, 6.07) is 0. The second-order valence-electron chi connectivity index (χ2n) is 5.98. The van der Waals surface area contributed by atoms with E-state index in [1.165, 1.54) is 0 Å². The number of allylic oxidation sites excluding steroid dienone is 2. The highest BCUT2D eigenvalue weighted by molar-refractivity contribution is 5.96. The van der Waals surface area contributed by atoms with Crippen LogP contribution in [0.4, 0.5) is 0 Å². The van der Waals surface area contributed by atoms with Crippen molar-refractivity contribution in [3.63, 3.8) is 0 Å². The minimum absolute atomic E-state index is 0.0369. The lowest BCUT2D eigenvalue weighted by molar-refractivity contribution is -0.154. The highest BCUT2D eigenvalue weighted by atomic mass is 16.6. The molecule has 5 unspecified atom stereocenters. The predicted octanol–water partition coefficient (Wildman–Crippen LogP) is 2.11. The first kappa shape index (κ1) is 11.0. The Labute approximate surface area is 101 Å². The maximum Gasteiger partial charge on any atom is 0.306 e. The highest BCUT2D eigenvalue weighted by Gasteiger charge is 2.56. The van der Waals surface area contributed by atoms with Gasteiger partial charge in [-0.2, -0.15) is 0 Å². The van der Waals surface area contributed by atoms with Crippen LogP contribution in [0.25, 0.3) is 0 Å². The quantitative estimate of drug-likeness (QED) is 0.603. The van der Waals surface area contributed by atoms with E-state index >= 15 is 0 Å². The van der Waals surface area contributed by atoms with E-state index in [1.807, 2.05) is 13.0 Å². The molecule has 0 amide bonds. The smallest absolute Gasteiger partial charge is 0.306 e. The number of rotatable bonds is 0. The number of carbonyl (C=O) groups excluding carboxylic acids is 2. The van der Waals surface area contributed by atoms with Crippen LogP contribution in [-0.2, 0) is 14.3 Å². The zero-order valence-electron chi connectivity index (χ0n) is 10.3. The topological polar surface area (TPSA) is 43.4 Å². The van der Waals surface area contributed by atoms with Crippen molar-refractivity contribution in [3.8, 4) is 0 Å². The van der Waals surface area contributed by atoms with E-state index in [0.29, 0.717) is 18.3 Å². The molecule has 2 fully saturated rings. The molecule has 3 heteroatoms. The Kier molecular flexibility index (Phi) is 2.22. The summed E-state index contributed by atoms with van der Waals surface area (Å²) in [6.07, 6.45) is 6.03. The zero-order valence-corrected chi connectivity index (χ0v) is 10.3. The van der Waals surface area contributed by atoms with Gasteiger partial charge < -0.3 is 4.74 Å². The molecule has 5 atom stereocenters. The molecule has 1 saturated heterocycles. The Morgan fingerprint density at radius 1 is 1.41 bits per heavy atom. The molecule has 0 aromatic carbocycles. The van der Waals surface area contributed by atoms with Crippen LogP contribution in [0.2, 0.25) is 0 Å². The van der Waals surface area contributed by atoms with Crippen molar-refractivity contribution >= 4 is 11.8 Å². The van der Waals surface area contributed by atoms with Crippen molar-refractivity contribution < 1.29 is 14.3 Å². The van der Waals surface area contributed by atoms with Crippen LogP contribution in [0, 0.1) is 23.2 Å². The van der Waals surface area contributed by atoms with E-state index in [4.69, 9.17) is 4.74 Å². The highest BCUT2D eigenvalue weighted by Crippen LogP contribution is 2.53. The van der Waals surface area contributed by atoms with Crippen molar-refractivity contribution in [1.82, 2.24) is 0 Å². The third-order valence-corrected chi connectivity index (χ3v) is 4.97. The molecule has 3 rings (SSSR count). The maximum atomic E-state index is 12.1. The van der Waals surface area contributed by atoms with Gasteiger partial charge in [0, 0.05) is 17.3 Å². The number of ketones is 1. The van der Waals surface area contributed by atoms with Gasteiger partial charge in [0.15, 0.2) is 5.78 Å². The first-order valence-electron chi connectivity index (χ1n) is 6.44. The average Bonchev–Trinajstić information content (AvgIpc) is 2.64. The van der Waals surface area contributed by atoms with E-state index in [0.717, 1.165) is 12.8 Å². The Morgan fingerprint density at radius 2 is 2.18 bits per heavy atom. The molecule has 0 radical (unpaired) electrons. The van der Waals surface area contributed by atoms with Crippen LogP contribution in [0.1, 0.15) is 33.1 Å². The van der Waals surface area contributed by atoms with Gasteiger partial charge in [0.1, 0.15) is 6.10 Å². The van der Waals surface area contributed by atoms with Crippen LogP contribution < -0.4 is 0 Å². The monoisotopic (exact) mass is 234 g/mol. The van der Waals surface area contributed by atoms with Crippen LogP contribution in [0.15, 0.2) is 12.2 Å². The Morgan fingerprint density at radius 3 is 2.94 bits per heavy atom. The number of fused-ring (bicyclic) bond motifs is 3. The summed E-state index contributed by atoms with van der Waals surface area (Å²) in [6.45, 7) is 4.17. The summed E-state index contributed by atoms with van der Waals surface area (Å²) in [7, 11) is 0. The van der Waals surface area contributed by atoms with Gasteiger partial charge in [0.25, 0.3) is 0 Å². The zero-order chi connectivity index (χ0) is 12.2. The van der Waals surface area contributed by atoms with E-state index < -0.39 is 0 Å². The first-order chi connectivity index (χ1) is 8.02. The van der Waals surface area contributed by atoms with Crippen molar-refractivity contribution in [2.45, 2.75) is 39.2 Å². The maximum absolute atomic E-state index is 12.1. The summed E-state index contributed by atoms with van der Waals surface area (Å²) in [5.74, 6) is 0.948. The molecule has 17 heavy (non-hydrogen) atoms. The normalized spacial score (nSPS) is 48.6. The van der Waals surface area contributed by atoms with E-state index in [-0.39, 0.29) is 29.2 Å². The molecule has 3 nitrogen and oxygen atoms in total. The Hall–Kier alpha value is -1.12. The predicted molar refractivity (Wildman–Crippen MR) is 62.1 cm³/mol. The van der Waals surface area contributed by atoms with Crippen molar-refractivity contribution in [1.29, 1.82) is 0 Å². The minimum atomic E-state index is -0.319. The standard InChI is InChI=1S/C14H18O3/c1-8-3-4-10(15)14(2)6-5-9-7-11(16)17-13(9)12(8)14/h3-4,8-9,12-13H,5-7H2,1-2H3. The number of esters is 1. The number of ether oxygens (including phenoxy) is 1. The van der Waals surface area contributed by atoms with Crippen LogP contribution in [0.5, 0.6) is 0 Å². The molecular formula is C14H18O3. The number of hydrogen-bond donors (Lipinski definition) is 0. The molecule has 0 bridgehead atoms. The molecule has 0 N–H and O–H groups in total. The summed E-state index contributed by atoms with van der Waals surface area (Å²) in [4.78, 5) is 23.6. The fourth-order valence-corrected chi connectivity index (χ4v) is 3.99. The van der Waals surface area contributed by atoms with Gasteiger partial charge >= 0.3 is 5.97 Å². The molecular weight excluding hydrogens is 216 g/mol. The van der Waals surface area contributed by atoms with Gasteiger partial charge in [-0.25, -0.2) is 0 Å². The average molecular weight is 234 g/mol. The van der Waals surface area contributed by atoms with Gasteiger partial charge in [-0.3, -0.25) is 9.59 Å². The van der Waals surface area contributed by atoms with Gasteiger partial charge in [0.05, 0.1) is 6.42 Å². The molecule has 92 valence electrons. The lowest BCUT2D eigenvalue weighted by Gasteiger charge is -2.48. The van der Waals surface area contributed by atoms with Crippen molar-refractivity contribution in [2.24, 2.45) is 23.2 Å². The SMILES string of the molecule is CC1C=CC(=O)C2(C)CCC3CC(=O)OC3C12. The van der Waals surface area contributed by atoms with E-state index in [1.54, 1.807) is 6.08 Å². The van der Waals surface area contributed by atoms with Crippen LogP contribution in [0.3, 0.4) is 0 Å². The van der Waals surface area contributed by atoms with E-state index in [9.17, 15) is 9.59 Å². The summed E-state index contributed by atoms with van der Waals surface area (Å²) >= 11 is 0. The summed E-state index contributed by atoms with van der Waals surface area (Å²) < 4.78 is 5.49. The molecule has 0 aromatic rings. The minimum Gasteiger partial charge on any atom is -0.462 e. The molecule has 2 aliphatic carbocycles. The largest absolute Gasteiger partial charge is 0.462 e. The second kappa shape index (κ2) is 3.44. The van der Waals surface area contributed by atoms with Gasteiger partial charge in [-0.15, -0.1) is 0 Å². The van der Waals surface area contributed by atoms with Crippen molar-refractivity contribution in [3.05, 3.63) is 12.2 Å². The first-order valence-corrected chi connectivity index (χ1v) is 6.44. The van der Waals surface area contributed by atoms with Crippen LogP contribution in [-0.4, -0.2) is 17.9 Å². The summed E-state index contributed by atoms with van der Waals surface area (Å²) in [5, 5.41) is 0. The van der Waals surface area contributed by atoms with Gasteiger partial charge in [-0.1, -0.05) is 19.9 Å². The molecule has 3 aliphatic rings. The number of hydrogen-bond acceptors (Lipinski definition) is 3. The van der Waals surface area contributed by atoms with E-state index in [2.05, 4.69) is 6.92 Å². The van der Waals surface area contributed by atoms with Gasteiger partial charge in [0.2, 0.25) is 0 Å². The fourth-order valence-electron chi connectivity index (χ4n) is 3.99. The molecule has 1 aliphatic heterocycles. The third-order valence-electron chi connectivity index (χ3n) is 4.97. The molecule has 0 spiro atoms. The summed E-state index contributed by atoms with van der Waals surface area (Å²) in [5.41, 5.74) is -0.319. The molecule has 1 saturated carbocycles. The second-order valence-corrected chi connectivity index (χ2v) is 5.98. The Balaban J connectivity index is 2.01. The lowest BCUT2D eigenvalue weighted by atomic mass is 9.55. The lowest BCUT2D eigenvalue weighted by Crippen LogP contribution is -2.51.